The Morgan fingerprint density at radius 3 is 2.95 bits per heavy atom. The van der Waals surface area contributed by atoms with Gasteiger partial charge in [0.15, 0.2) is 5.16 Å². The minimum absolute atomic E-state index is 0.0152. The molecule has 0 radical (unpaired) electrons. The zero-order valence-corrected chi connectivity index (χ0v) is 12.1. The van der Waals surface area contributed by atoms with Crippen molar-refractivity contribution in [2.45, 2.75) is 30.6 Å². The second-order valence-corrected chi connectivity index (χ2v) is 5.51. The summed E-state index contributed by atoms with van der Waals surface area (Å²) < 4.78 is 7.37. The first kappa shape index (κ1) is 14.1. The molecule has 1 aromatic heterocycles. The zero-order valence-electron chi connectivity index (χ0n) is 11.2. The van der Waals surface area contributed by atoms with E-state index in [1.807, 2.05) is 25.6 Å². The number of likely N-dealkylation sites (N-methyl/N-ethyl adjacent to an activating group) is 1. The van der Waals surface area contributed by atoms with Gasteiger partial charge in [-0.3, -0.25) is 9.36 Å². The fourth-order valence-electron chi connectivity index (χ4n) is 2.24. The summed E-state index contributed by atoms with van der Waals surface area (Å²) in [4.78, 5) is 12.6. The predicted molar refractivity (Wildman–Crippen MR) is 71.6 cm³/mol. The Morgan fingerprint density at radius 1 is 1.63 bits per heavy atom. The lowest BCUT2D eigenvalue weighted by Gasteiger charge is -2.27. The van der Waals surface area contributed by atoms with Crippen molar-refractivity contribution in [2.75, 3.05) is 24.3 Å². The minimum Gasteiger partial charge on any atom is -0.481 e. The van der Waals surface area contributed by atoms with Gasteiger partial charge in [-0.25, -0.2) is 0 Å². The first-order valence-corrected chi connectivity index (χ1v) is 7.07. The molecule has 1 saturated heterocycles. The van der Waals surface area contributed by atoms with E-state index in [2.05, 4.69) is 15.1 Å². The third-order valence-electron chi connectivity index (χ3n) is 3.29. The quantitative estimate of drug-likeness (QED) is 0.794. The van der Waals surface area contributed by atoms with Crippen LogP contribution in [0.25, 0.3) is 0 Å². The van der Waals surface area contributed by atoms with Crippen molar-refractivity contribution in [3.8, 4) is 0 Å². The Balaban J connectivity index is 2.10. The first-order valence-electron chi connectivity index (χ1n) is 6.09. The van der Waals surface area contributed by atoms with Crippen LogP contribution in [0.2, 0.25) is 0 Å². The average Bonchev–Trinajstić information content (AvgIpc) is 2.92. The Bertz CT molecular complexity index is 465. The van der Waals surface area contributed by atoms with Gasteiger partial charge in [0, 0.05) is 20.7 Å². The molecule has 2 heterocycles. The second kappa shape index (κ2) is 5.79. The molecule has 0 aromatic carbocycles. The predicted octanol–water partition coefficient (Wildman–Crippen LogP) is 0.605. The Labute approximate surface area is 115 Å². The average molecular weight is 286 g/mol. The van der Waals surface area contributed by atoms with Gasteiger partial charge >= 0.3 is 5.97 Å². The van der Waals surface area contributed by atoms with Crippen LogP contribution in [-0.2, 0) is 16.6 Å². The van der Waals surface area contributed by atoms with Crippen LogP contribution in [0.15, 0.2) is 5.16 Å². The molecule has 0 saturated carbocycles. The van der Waals surface area contributed by atoms with E-state index in [4.69, 9.17) is 9.84 Å². The number of aliphatic carboxylic acids is 1. The molecule has 1 N–H and O–H groups in total. The van der Waals surface area contributed by atoms with Gasteiger partial charge in [-0.2, -0.15) is 0 Å². The van der Waals surface area contributed by atoms with E-state index in [1.54, 1.807) is 0 Å². The van der Waals surface area contributed by atoms with Gasteiger partial charge in [-0.05, 0) is 13.3 Å². The Kier molecular flexibility index (Phi) is 4.31. The van der Waals surface area contributed by atoms with Crippen molar-refractivity contribution in [3.05, 3.63) is 0 Å². The molecule has 106 valence electrons. The highest BCUT2D eigenvalue weighted by atomic mass is 32.2. The molecule has 1 fully saturated rings. The monoisotopic (exact) mass is 286 g/mol. The number of rotatable bonds is 5. The third-order valence-corrected chi connectivity index (χ3v) is 4.29. The molecular weight excluding hydrogens is 268 g/mol. The summed E-state index contributed by atoms with van der Waals surface area (Å²) in [5.41, 5.74) is 0. The fourth-order valence-corrected chi connectivity index (χ4v) is 2.87. The largest absolute Gasteiger partial charge is 0.481 e. The van der Waals surface area contributed by atoms with E-state index in [0.29, 0.717) is 5.16 Å². The van der Waals surface area contributed by atoms with Gasteiger partial charge in [-0.1, -0.05) is 11.8 Å². The van der Waals surface area contributed by atoms with Crippen LogP contribution >= 0.6 is 11.8 Å². The van der Waals surface area contributed by atoms with E-state index in [1.165, 1.54) is 11.8 Å². The van der Waals surface area contributed by atoms with Gasteiger partial charge in [0.25, 0.3) is 0 Å². The Hall–Kier alpha value is -1.28. The molecule has 2 atom stereocenters. The molecule has 1 aromatic rings. The second-order valence-electron chi connectivity index (χ2n) is 4.57. The molecule has 0 spiro atoms. The van der Waals surface area contributed by atoms with Crippen LogP contribution < -0.4 is 4.90 Å². The van der Waals surface area contributed by atoms with Gasteiger partial charge in [0.1, 0.15) is 0 Å². The summed E-state index contributed by atoms with van der Waals surface area (Å²) in [5, 5.41) is 17.5. The lowest BCUT2D eigenvalue weighted by molar-refractivity contribution is -0.133. The van der Waals surface area contributed by atoms with Gasteiger partial charge in [-0.15, -0.1) is 10.2 Å². The van der Waals surface area contributed by atoms with E-state index < -0.39 is 5.97 Å². The first-order chi connectivity index (χ1) is 9.00. The van der Waals surface area contributed by atoms with E-state index in [-0.39, 0.29) is 17.9 Å². The minimum atomic E-state index is -0.860. The van der Waals surface area contributed by atoms with Gasteiger partial charge < -0.3 is 14.7 Å². The number of thioether (sulfide) groups is 1. The summed E-state index contributed by atoms with van der Waals surface area (Å²) in [6.45, 7) is 2.80. The molecule has 1 aliphatic heterocycles. The maximum Gasteiger partial charge on any atom is 0.313 e. The zero-order chi connectivity index (χ0) is 14.0. The number of anilines is 1. The smallest absolute Gasteiger partial charge is 0.313 e. The highest BCUT2D eigenvalue weighted by molar-refractivity contribution is 7.99. The van der Waals surface area contributed by atoms with Crippen molar-refractivity contribution < 1.29 is 14.6 Å². The lowest BCUT2D eigenvalue weighted by Crippen LogP contribution is -2.38. The summed E-state index contributed by atoms with van der Waals surface area (Å²) in [6.07, 6.45) is 1.12. The van der Waals surface area contributed by atoms with Crippen molar-refractivity contribution in [2.24, 2.45) is 7.05 Å². The number of aromatic nitrogens is 3. The highest BCUT2D eigenvalue weighted by Gasteiger charge is 2.30. The maximum atomic E-state index is 10.6. The van der Waals surface area contributed by atoms with Crippen molar-refractivity contribution in [3.63, 3.8) is 0 Å². The van der Waals surface area contributed by atoms with E-state index in [9.17, 15) is 4.79 Å². The molecule has 2 rings (SSSR count). The number of carbonyl (C=O) groups is 1. The van der Waals surface area contributed by atoms with Crippen molar-refractivity contribution >= 4 is 23.7 Å². The number of hydrogen-bond acceptors (Lipinski definition) is 6. The topological polar surface area (TPSA) is 80.5 Å². The van der Waals surface area contributed by atoms with Gasteiger partial charge in [0.05, 0.1) is 17.9 Å². The van der Waals surface area contributed by atoms with Crippen LogP contribution in [0.5, 0.6) is 0 Å². The highest BCUT2D eigenvalue weighted by Crippen LogP contribution is 2.25. The van der Waals surface area contributed by atoms with Crippen LogP contribution in [0.4, 0.5) is 5.95 Å². The number of hydrogen-bond donors (Lipinski definition) is 1. The molecule has 7 nitrogen and oxygen atoms in total. The molecule has 0 amide bonds. The normalized spacial score (nSPS) is 22.7. The lowest BCUT2D eigenvalue weighted by atomic mass is 10.1. The summed E-state index contributed by atoms with van der Waals surface area (Å²) >= 11 is 1.17. The fraction of sp³-hybridized carbons (Fsp3) is 0.727. The molecule has 1 aliphatic rings. The van der Waals surface area contributed by atoms with Crippen LogP contribution in [0.3, 0.4) is 0 Å². The molecule has 2 unspecified atom stereocenters. The van der Waals surface area contributed by atoms with Crippen LogP contribution in [0, 0.1) is 0 Å². The number of carboxylic acid groups (broad SMARTS) is 1. The number of nitrogens with zero attached hydrogens (tertiary/aromatic N) is 4. The maximum absolute atomic E-state index is 10.6. The third kappa shape index (κ3) is 3.01. The SMILES string of the molecule is CC1OCCC1N(C)c1nnc(SCC(=O)O)n1C. The molecule has 19 heavy (non-hydrogen) atoms. The standard InChI is InChI=1S/C11H18N4O3S/c1-7-8(4-5-18-7)14(2)10-12-13-11(15(10)3)19-6-9(16)17/h7-8H,4-6H2,1-3H3,(H,16,17). The molecule has 0 bridgehead atoms. The molecular formula is C11H18N4O3S. The van der Waals surface area contributed by atoms with Crippen LogP contribution in [-0.4, -0.2) is 57.4 Å². The van der Waals surface area contributed by atoms with E-state index >= 15 is 0 Å². The van der Waals surface area contributed by atoms with E-state index in [0.717, 1.165) is 19.0 Å². The Morgan fingerprint density at radius 2 is 2.37 bits per heavy atom. The summed E-state index contributed by atoms with van der Waals surface area (Å²) in [5.74, 6) is -0.144. The number of ether oxygens (including phenoxy) is 1. The van der Waals surface area contributed by atoms with Gasteiger partial charge in [0.2, 0.25) is 5.95 Å². The van der Waals surface area contributed by atoms with Crippen molar-refractivity contribution in [1.82, 2.24) is 14.8 Å². The summed E-state index contributed by atoms with van der Waals surface area (Å²) in [6, 6.07) is 0.278. The van der Waals surface area contributed by atoms with Crippen molar-refractivity contribution in [1.29, 1.82) is 0 Å². The van der Waals surface area contributed by atoms with Crippen LogP contribution in [0.1, 0.15) is 13.3 Å². The molecule has 8 heteroatoms. The molecule has 0 aliphatic carbocycles. The number of carboxylic acids is 1. The summed E-state index contributed by atoms with van der Waals surface area (Å²) in [7, 11) is 3.81.